The van der Waals surface area contributed by atoms with Crippen molar-refractivity contribution in [2.45, 2.75) is 26.3 Å². The third-order valence-corrected chi connectivity index (χ3v) is 7.44. The minimum Gasteiger partial charge on any atom is -0.356 e. The lowest BCUT2D eigenvalue weighted by Gasteiger charge is -2.37. The fourth-order valence-corrected chi connectivity index (χ4v) is 5.75. The summed E-state index contributed by atoms with van der Waals surface area (Å²) in [6, 6.07) is 13.3. The van der Waals surface area contributed by atoms with Gasteiger partial charge in [0.1, 0.15) is 6.04 Å². The van der Waals surface area contributed by atoms with Crippen LogP contribution in [0, 0.1) is 0 Å². The zero-order valence-corrected chi connectivity index (χ0v) is 16.4. The Morgan fingerprint density at radius 3 is 2.59 bits per heavy atom. The molecule has 142 valence electrons. The number of hydrogen-bond acceptors (Lipinski definition) is 3. The van der Waals surface area contributed by atoms with E-state index in [1.807, 2.05) is 50.2 Å². The second-order valence-electron chi connectivity index (χ2n) is 6.67. The number of hydrogen-bond donors (Lipinski definition) is 1. The summed E-state index contributed by atoms with van der Waals surface area (Å²) < 4.78 is 29.8. The molecule has 0 bridgehead atoms. The van der Waals surface area contributed by atoms with E-state index in [0.717, 1.165) is 22.3 Å². The molecule has 6 nitrogen and oxygen atoms in total. The lowest BCUT2D eigenvalue weighted by molar-refractivity contribution is 0.298. The van der Waals surface area contributed by atoms with E-state index in [4.69, 9.17) is 0 Å². The first-order valence-corrected chi connectivity index (χ1v) is 10.7. The van der Waals surface area contributed by atoms with Crippen molar-refractivity contribution in [1.82, 2.24) is 18.6 Å². The van der Waals surface area contributed by atoms with Gasteiger partial charge in [-0.3, -0.25) is 4.98 Å². The number of nitrogens with zero attached hydrogens (tertiary/aromatic N) is 3. The van der Waals surface area contributed by atoms with Gasteiger partial charge in [-0.05, 0) is 30.2 Å². The van der Waals surface area contributed by atoms with Crippen LogP contribution in [0.15, 0.2) is 48.7 Å². The SMILES string of the molecule is CCN(CC)S(=O)(=O)N1CCc2c([nH]c3ccccc23)[C@@H]1c1ccccn1. The molecular formula is C20H24N4O2S. The Labute approximate surface area is 160 Å². The number of benzene rings is 1. The molecule has 1 N–H and O–H groups in total. The van der Waals surface area contributed by atoms with E-state index in [2.05, 4.69) is 16.0 Å². The summed E-state index contributed by atoms with van der Waals surface area (Å²) in [5.74, 6) is 0. The van der Waals surface area contributed by atoms with Crippen LogP contribution in [0.4, 0.5) is 0 Å². The summed E-state index contributed by atoms with van der Waals surface area (Å²) in [5.41, 5.74) is 3.88. The summed E-state index contributed by atoms with van der Waals surface area (Å²) in [6.45, 7) is 5.08. The summed E-state index contributed by atoms with van der Waals surface area (Å²) in [4.78, 5) is 7.98. The van der Waals surface area contributed by atoms with E-state index in [9.17, 15) is 8.42 Å². The van der Waals surface area contributed by atoms with Crippen molar-refractivity contribution in [3.8, 4) is 0 Å². The third-order valence-electron chi connectivity index (χ3n) is 5.29. The quantitative estimate of drug-likeness (QED) is 0.735. The molecule has 1 aliphatic rings. The van der Waals surface area contributed by atoms with Crippen LogP contribution in [0.25, 0.3) is 10.9 Å². The highest BCUT2D eigenvalue weighted by molar-refractivity contribution is 7.86. The van der Waals surface area contributed by atoms with Crippen molar-refractivity contribution in [3.63, 3.8) is 0 Å². The van der Waals surface area contributed by atoms with E-state index >= 15 is 0 Å². The zero-order chi connectivity index (χ0) is 19.0. The highest BCUT2D eigenvalue weighted by Gasteiger charge is 2.41. The average molecular weight is 385 g/mol. The first-order chi connectivity index (χ1) is 13.1. The molecule has 0 spiro atoms. The second kappa shape index (κ2) is 7.07. The van der Waals surface area contributed by atoms with E-state index in [1.165, 1.54) is 9.87 Å². The van der Waals surface area contributed by atoms with Crippen LogP contribution >= 0.6 is 0 Å². The van der Waals surface area contributed by atoms with Crippen LogP contribution in [0.3, 0.4) is 0 Å². The Morgan fingerprint density at radius 1 is 1.15 bits per heavy atom. The average Bonchev–Trinajstić information content (AvgIpc) is 3.07. The molecular weight excluding hydrogens is 360 g/mol. The minimum atomic E-state index is -3.60. The van der Waals surface area contributed by atoms with Crippen LogP contribution in [0.2, 0.25) is 0 Å². The van der Waals surface area contributed by atoms with Gasteiger partial charge in [-0.15, -0.1) is 0 Å². The number of nitrogens with one attached hydrogen (secondary N) is 1. The fraction of sp³-hybridized carbons (Fsp3) is 0.350. The van der Waals surface area contributed by atoms with Crippen molar-refractivity contribution in [2.24, 2.45) is 0 Å². The number of para-hydroxylation sites is 1. The first kappa shape index (κ1) is 18.2. The normalized spacial score (nSPS) is 18.1. The van der Waals surface area contributed by atoms with Crippen LogP contribution in [-0.2, 0) is 16.6 Å². The topological polar surface area (TPSA) is 69.3 Å². The molecule has 0 saturated carbocycles. The fourth-order valence-electron chi connectivity index (χ4n) is 4.00. The van der Waals surface area contributed by atoms with Crippen molar-refractivity contribution < 1.29 is 8.42 Å². The number of aromatic nitrogens is 2. The van der Waals surface area contributed by atoms with E-state index in [-0.39, 0.29) is 0 Å². The molecule has 3 heterocycles. The maximum absolute atomic E-state index is 13.4. The molecule has 3 aromatic rings. The molecule has 0 amide bonds. The molecule has 1 aromatic carbocycles. The van der Waals surface area contributed by atoms with Crippen LogP contribution in [0.5, 0.6) is 0 Å². The van der Waals surface area contributed by atoms with Crippen molar-refractivity contribution in [1.29, 1.82) is 0 Å². The van der Waals surface area contributed by atoms with Crippen LogP contribution in [0.1, 0.15) is 36.8 Å². The van der Waals surface area contributed by atoms with Crippen molar-refractivity contribution in [3.05, 3.63) is 65.6 Å². The number of pyridine rings is 1. The Kier molecular flexibility index (Phi) is 4.75. The molecule has 0 fully saturated rings. The summed E-state index contributed by atoms with van der Waals surface area (Å²) in [7, 11) is -3.60. The molecule has 4 rings (SSSR count). The number of rotatable bonds is 5. The molecule has 27 heavy (non-hydrogen) atoms. The molecule has 1 aliphatic heterocycles. The Bertz CT molecular complexity index is 1040. The van der Waals surface area contributed by atoms with Gasteiger partial charge in [-0.2, -0.15) is 17.0 Å². The van der Waals surface area contributed by atoms with Crippen molar-refractivity contribution >= 4 is 21.1 Å². The summed E-state index contributed by atoms with van der Waals surface area (Å²) in [6.07, 6.45) is 2.40. The summed E-state index contributed by atoms with van der Waals surface area (Å²) >= 11 is 0. The Morgan fingerprint density at radius 2 is 1.89 bits per heavy atom. The smallest absolute Gasteiger partial charge is 0.282 e. The third kappa shape index (κ3) is 2.96. The number of aromatic amines is 1. The second-order valence-corrected chi connectivity index (χ2v) is 8.55. The predicted octanol–water partition coefficient (Wildman–Crippen LogP) is 3.10. The standard InChI is InChI=1S/C20H24N4O2S/c1-3-23(4-2)27(25,26)24-14-12-16-15-9-5-6-10-17(15)22-19(16)20(24)18-11-7-8-13-21-18/h5-11,13,20,22H,3-4,12,14H2,1-2H3/t20-/m0/s1. The van der Waals surface area contributed by atoms with Gasteiger partial charge >= 0.3 is 0 Å². The zero-order valence-electron chi connectivity index (χ0n) is 15.6. The lowest BCUT2D eigenvalue weighted by Crippen LogP contribution is -2.48. The largest absolute Gasteiger partial charge is 0.356 e. The van der Waals surface area contributed by atoms with Gasteiger partial charge in [0.15, 0.2) is 0 Å². The molecule has 0 aliphatic carbocycles. The number of H-pyrrole nitrogens is 1. The summed E-state index contributed by atoms with van der Waals surface area (Å²) in [5, 5.41) is 1.16. The number of fused-ring (bicyclic) bond motifs is 3. The molecule has 7 heteroatoms. The van der Waals surface area contributed by atoms with Crippen molar-refractivity contribution in [2.75, 3.05) is 19.6 Å². The first-order valence-electron chi connectivity index (χ1n) is 9.35. The monoisotopic (exact) mass is 384 g/mol. The molecule has 0 saturated heterocycles. The van der Waals surface area contributed by atoms with E-state index in [1.54, 1.807) is 10.5 Å². The van der Waals surface area contributed by atoms with Gasteiger partial charge in [0.05, 0.1) is 5.69 Å². The maximum Gasteiger partial charge on any atom is 0.282 e. The minimum absolute atomic E-state index is 0.439. The van der Waals surface area contributed by atoms with Gasteiger partial charge < -0.3 is 4.98 Å². The molecule has 0 unspecified atom stereocenters. The van der Waals surface area contributed by atoms with Gasteiger partial charge in [0.2, 0.25) is 0 Å². The lowest BCUT2D eigenvalue weighted by atomic mass is 9.97. The van der Waals surface area contributed by atoms with Crippen LogP contribution < -0.4 is 0 Å². The van der Waals surface area contributed by atoms with Gasteiger partial charge in [-0.1, -0.05) is 38.1 Å². The predicted molar refractivity (Wildman–Crippen MR) is 107 cm³/mol. The van der Waals surface area contributed by atoms with Gasteiger partial charge in [0.25, 0.3) is 10.2 Å². The Hall–Kier alpha value is -2.22. The Balaban J connectivity index is 1.91. The van der Waals surface area contributed by atoms with E-state index < -0.39 is 16.3 Å². The highest BCUT2D eigenvalue weighted by Crippen LogP contribution is 2.39. The van der Waals surface area contributed by atoms with Gasteiger partial charge in [-0.25, -0.2) is 0 Å². The molecule has 1 atom stereocenters. The maximum atomic E-state index is 13.4. The molecule has 0 radical (unpaired) electrons. The van der Waals surface area contributed by atoms with Crippen LogP contribution in [-0.4, -0.2) is 46.6 Å². The molecule has 2 aromatic heterocycles. The van der Waals surface area contributed by atoms with Gasteiger partial charge in [0, 0.05) is 42.4 Å². The highest BCUT2D eigenvalue weighted by atomic mass is 32.2. The van der Waals surface area contributed by atoms with E-state index in [0.29, 0.717) is 26.1 Å².